The number of morpholine rings is 1. The summed E-state index contributed by atoms with van der Waals surface area (Å²) in [7, 11) is 0. The number of benzene rings is 1. The number of halogens is 1. The highest BCUT2D eigenvalue weighted by Gasteiger charge is 2.31. The van der Waals surface area contributed by atoms with E-state index in [-0.39, 0.29) is 5.91 Å². The number of hydrogen-bond acceptors (Lipinski definition) is 6. The second kappa shape index (κ2) is 9.67. The van der Waals surface area contributed by atoms with Crippen LogP contribution in [-0.4, -0.2) is 54.6 Å². The number of carbonyl (C=O) groups excluding carboxylic acids is 3. The third-order valence-electron chi connectivity index (χ3n) is 4.74. The zero-order chi connectivity index (χ0) is 22.6. The molecular formula is C21H24ClN3O5S. The van der Waals surface area contributed by atoms with E-state index in [9.17, 15) is 14.4 Å². The van der Waals surface area contributed by atoms with E-state index >= 15 is 0 Å². The van der Waals surface area contributed by atoms with Crippen molar-refractivity contribution in [3.05, 3.63) is 45.8 Å². The molecule has 0 unspecified atom stereocenters. The van der Waals surface area contributed by atoms with Crippen molar-refractivity contribution in [3.63, 3.8) is 0 Å². The van der Waals surface area contributed by atoms with Gasteiger partial charge in [-0.3, -0.25) is 9.59 Å². The summed E-state index contributed by atoms with van der Waals surface area (Å²) in [4.78, 5) is 39.3. The molecule has 2 heterocycles. The predicted molar refractivity (Wildman–Crippen MR) is 119 cm³/mol. The van der Waals surface area contributed by atoms with Crippen molar-refractivity contribution in [2.45, 2.75) is 26.3 Å². The van der Waals surface area contributed by atoms with E-state index < -0.39 is 17.5 Å². The molecule has 1 aromatic carbocycles. The molecule has 2 aromatic rings. The van der Waals surface area contributed by atoms with Crippen LogP contribution in [0.25, 0.3) is 0 Å². The van der Waals surface area contributed by atoms with Gasteiger partial charge in [0, 0.05) is 24.3 Å². The molecule has 1 aliphatic heterocycles. The maximum atomic E-state index is 12.7. The molecule has 0 bridgehead atoms. The van der Waals surface area contributed by atoms with E-state index in [0.29, 0.717) is 47.0 Å². The number of carbonyl (C=O) groups is 3. The lowest BCUT2D eigenvalue weighted by molar-refractivity contribution is -0.121. The van der Waals surface area contributed by atoms with Gasteiger partial charge in [0.05, 0.1) is 17.6 Å². The largest absolute Gasteiger partial charge is 0.414 e. The van der Waals surface area contributed by atoms with E-state index in [1.165, 1.54) is 0 Å². The molecule has 0 spiro atoms. The van der Waals surface area contributed by atoms with Crippen LogP contribution >= 0.6 is 22.9 Å². The predicted octanol–water partition coefficient (Wildman–Crippen LogP) is 3.69. The van der Waals surface area contributed by atoms with Gasteiger partial charge in [-0.15, -0.1) is 0 Å². The van der Waals surface area contributed by atoms with Gasteiger partial charge in [-0.05, 0) is 56.7 Å². The molecule has 0 radical (unpaired) electrons. The van der Waals surface area contributed by atoms with Crippen LogP contribution in [0.5, 0.6) is 5.06 Å². The lowest BCUT2D eigenvalue weighted by atomic mass is 10.0. The van der Waals surface area contributed by atoms with E-state index in [1.54, 1.807) is 49.1 Å². The monoisotopic (exact) mass is 465 g/mol. The summed E-state index contributed by atoms with van der Waals surface area (Å²) in [5, 5.41) is 5.64. The van der Waals surface area contributed by atoms with Crippen molar-refractivity contribution >= 4 is 46.5 Å². The molecule has 2 N–H and O–H groups in total. The standard InChI is InChI=1S/C21H24ClN3O5S/c1-13-12-14(4-5-15(13)18(26)25-8-10-29-11-9-25)23-19(27)21(2,3)24-20(28)30-17-7-6-16(22)31-17/h4-7,12H,8-11H2,1-3H3,(H,23,27)(H,24,28). The summed E-state index contributed by atoms with van der Waals surface area (Å²) >= 11 is 6.93. The first-order valence-corrected chi connectivity index (χ1v) is 10.9. The summed E-state index contributed by atoms with van der Waals surface area (Å²) in [5.74, 6) is -0.489. The molecule has 10 heteroatoms. The van der Waals surface area contributed by atoms with E-state index in [1.807, 2.05) is 6.92 Å². The van der Waals surface area contributed by atoms with Gasteiger partial charge >= 0.3 is 6.09 Å². The fraction of sp³-hybridized carbons (Fsp3) is 0.381. The molecule has 1 fully saturated rings. The number of aryl methyl sites for hydroxylation is 1. The van der Waals surface area contributed by atoms with Gasteiger partial charge in [-0.1, -0.05) is 22.9 Å². The maximum Gasteiger partial charge on any atom is 0.414 e. The number of ether oxygens (including phenoxy) is 2. The van der Waals surface area contributed by atoms with Gasteiger partial charge in [0.1, 0.15) is 5.54 Å². The van der Waals surface area contributed by atoms with E-state index in [2.05, 4.69) is 10.6 Å². The average molecular weight is 466 g/mol. The lowest BCUT2D eigenvalue weighted by Crippen LogP contribution is -2.53. The van der Waals surface area contributed by atoms with Crippen LogP contribution in [-0.2, 0) is 9.53 Å². The van der Waals surface area contributed by atoms with Crippen molar-refractivity contribution in [2.24, 2.45) is 0 Å². The molecule has 1 aromatic heterocycles. The fourth-order valence-corrected chi connectivity index (χ4v) is 3.86. The minimum absolute atomic E-state index is 0.0582. The normalized spacial score (nSPS) is 14.1. The molecule has 0 saturated carbocycles. The van der Waals surface area contributed by atoms with Crippen LogP contribution in [0.1, 0.15) is 29.8 Å². The summed E-state index contributed by atoms with van der Waals surface area (Å²) in [5.41, 5.74) is 0.604. The first kappa shape index (κ1) is 23.1. The Morgan fingerprint density at radius 1 is 1.16 bits per heavy atom. The highest BCUT2D eigenvalue weighted by atomic mass is 35.5. The number of nitrogens with zero attached hydrogens (tertiary/aromatic N) is 1. The summed E-state index contributed by atoms with van der Waals surface area (Å²) in [6.07, 6.45) is -0.763. The maximum absolute atomic E-state index is 12.7. The molecule has 3 amide bonds. The van der Waals surface area contributed by atoms with Gasteiger partial charge in [-0.2, -0.15) is 0 Å². The van der Waals surface area contributed by atoms with Gasteiger partial charge in [0.25, 0.3) is 5.91 Å². The second-order valence-corrected chi connectivity index (χ2v) is 9.26. The summed E-state index contributed by atoms with van der Waals surface area (Å²) < 4.78 is 10.9. The molecule has 166 valence electrons. The van der Waals surface area contributed by atoms with Crippen LogP contribution in [0, 0.1) is 6.92 Å². The Morgan fingerprint density at radius 2 is 1.87 bits per heavy atom. The first-order chi connectivity index (χ1) is 14.7. The zero-order valence-corrected chi connectivity index (χ0v) is 19.1. The Kier molecular flexibility index (Phi) is 7.19. The Balaban J connectivity index is 1.61. The Bertz CT molecular complexity index is 985. The molecular weight excluding hydrogens is 442 g/mol. The molecule has 8 nitrogen and oxygen atoms in total. The molecule has 1 saturated heterocycles. The van der Waals surface area contributed by atoms with Crippen LogP contribution in [0.4, 0.5) is 10.5 Å². The SMILES string of the molecule is Cc1cc(NC(=O)C(C)(C)NC(=O)Oc2ccc(Cl)s2)ccc1C(=O)N1CCOCC1. The Labute approximate surface area is 189 Å². The number of anilines is 1. The highest BCUT2D eigenvalue weighted by Crippen LogP contribution is 2.28. The minimum atomic E-state index is -1.24. The Hall–Kier alpha value is -2.62. The Morgan fingerprint density at radius 3 is 2.48 bits per heavy atom. The fourth-order valence-electron chi connectivity index (χ4n) is 2.99. The van der Waals surface area contributed by atoms with E-state index in [4.69, 9.17) is 21.1 Å². The van der Waals surface area contributed by atoms with Crippen molar-refractivity contribution in [1.82, 2.24) is 10.2 Å². The van der Waals surface area contributed by atoms with Crippen LogP contribution in [0.15, 0.2) is 30.3 Å². The van der Waals surface area contributed by atoms with E-state index in [0.717, 1.165) is 16.9 Å². The minimum Gasteiger partial charge on any atom is -0.399 e. The van der Waals surface area contributed by atoms with Gasteiger partial charge in [0.15, 0.2) is 5.06 Å². The van der Waals surface area contributed by atoms with Gasteiger partial charge in [0.2, 0.25) is 5.91 Å². The van der Waals surface area contributed by atoms with Crippen molar-refractivity contribution < 1.29 is 23.9 Å². The highest BCUT2D eigenvalue weighted by molar-refractivity contribution is 7.17. The number of hydrogen-bond donors (Lipinski definition) is 2. The molecule has 1 aliphatic rings. The van der Waals surface area contributed by atoms with Gasteiger partial charge < -0.3 is 25.0 Å². The second-order valence-electron chi connectivity index (χ2n) is 7.59. The van der Waals surface area contributed by atoms with Gasteiger partial charge in [-0.25, -0.2) is 4.79 Å². The van der Waals surface area contributed by atoms with Crippen LogP contribution in [0.2, 0.25) is 4.34 Å². The summed E-state index contributed by atoms with van der Waals surface area (Å²) in [6.45, 7) is 7.12. The third kappa shape index (κ3) is 5.96. The number of nitrogens with one attached hydrogen (secondary N) is 2. The van der Waals surface area contributed by atoms with Crippen molar-refractivity contribution in [1.29, 1.82) is 0 Å². The molecule has 0 aliphatic carbocycles. The smallest absolute Gasteiger partial charge is 0.399 e. The lowest BCUT2D eigenvalue weighted by Gasteiger charge is -2.27. The number of thiophene rings is 1. The first-order valence-electron chi connectivity index (χ1n) is 9.70. The quantitative estimate of drug-likeness (QED) is 0.702. The third-order valence-corrected chi connectivity index (χ3v) is 5.85. The molecule has 0 atom stereocenters. The summed E-state index contributed by atoms with van der Waals surface area (Å²) in [6, 6.07) is 8.27. The topological polar surface area (TPSA) is 97.0 Å². The molecule has 31 heavy (non-hydrogen) atoms. The number of amides is 3. The van der Waals surface area contributed by atoms with Crippen molar-refractivity contribution in [3.8, 4) is 5.06 Å². The number of rotatable bonds is 5. The zero-order valence-electron chi connectivity index (χ0n) is 17.5. The molecule has 3 rings (SSSR count). The van der Waals surface area contributed by atoms with Crippen LogP contribution < -0.4 is 15.4 Å². The van der Waals surface area contributed by atoms with Crippen molar-refractivity contribution in [2.75, 3.05) is 31.6 Å². The van der Waals surface area contributed by atoms with Crippen LogP contribution in [0.3, 0.4) is 0 Å². The average Bonchev–Trinajstić information content (AvgIpc) is 3.12.